The van der Waals surface area contributed by atoms with Crippen LogP contribution in [0.2, 0.25) is 0 Å². The third-order valence-corrected chi connectivity index (χ3v) is 5.64. The predicted octanol–water partition coefficient (Wildman–Crippen LogP) is 3.38. The Morgan fingerprint density at radius 2 is 1.88 bits per heavy atom. The molecule has 0 aromatic heterocycles. The number of halogens is 1. The second kappa shape index (κ2) is 5.83. The van der Waals surface area contributed by atoms with Gasteiger partial charge in [-0.05, 0) is 48.1 Å². The van der Waals surface area contributed by atoms with E-state index in [1.165, 1.54) is 6.07 Å². The number of hydrogen-bond acceptors (Lipinski definition) is 2. The van der Waals surface area contributed by atoms with Crippen LogP contribution in [0, 0.1) is 11.2 Å². The summed E-state index contributed by atoms with van der Waals surface area (Å²) in [6, 6.07) is 9.67. The number of nitrogens with zero attached hydrogens (tertiary/aromatic N) is 1. The Morgan fingerprint density at radius 1 is 1.16 bits per heavy atom. The summed E-state index contributed by atoms with van der Waals surface area (Å²) in [6.45, 7) is 0.562. The summed E-state index contributed by atoms with van der Waals surface area (Å²) in [6.07, 6.45) is 3.34. The molecule has 0 bridgehead atoms. The van der Waals surface area contributed by atoms with Crippen LogP contribution in [0.15, 0.2) is 36.4 Å². The molecule has 1 N–H and O–H groups in total. The molecule has 25 heavy (non-hydrogen) atoms. The van der Waals surface area contributed by atoms with Gasteiger partial charge in [0.25, 0.3) is 0 Å². The van der Waals surface area contributed by atoms with Gasteiger partial charge in [-0.2, -0.15) is 0 Å². The minimum Gasteiger partial charge on any atom is -0.480 e. The van der Waals surface area contributed by atoms with E-state index in [9.17, 15) is 19.1 Å². The lowest BCUT2D eigenvalue weighted by molar-refractivity contribution is -0.148. The van der Waals surface area contributed by atoms with Crippen molar-refractivity contribution >= 4 is 22.6 Å². The van der Waals surface area contributed by atoms with Crippen molar-refractivity contribution in [3.63, 3.8) is 0 Å². The molecule has 1 atom stereocenters. The summed E-state index contributed by atoms with van der Waals surface area (Å²) in [5, 5.41) is 10.8. The van der Waals surface area contributed by atoms with Gasteiger partial charge in [0.15, 0.2) is 0 Å². The summed E-state index contributed by atoms with van der Waals surface area (Å²) < 4.78 is 13.9. The maximum Gasteiger partial charge on any atom is 0.326 e. The Morgan fingerprint density at radius 3 is 2.56 bits per heavy atom. The van der Waals surface area contributed by atoms with Crippen molar-refractivity contribution in [2.45, 2.75) is 38.1 Å². The quantitative estimate of drug-likeness (QED) is 0.927. The Balaban J connectivity index is 1.51. The molecule has 2 aliphatic rings. The van der Waals surface area contributed by atoms with Crippen molar-refractivity contribution in [2.75, 3.05) is 6.54 Å². The summed E-state index contributed by atoms with van der Waals surface area (Å²) in [5.74, 6) is -1.30. The molecular weight excluding hydrogens is 321 g/mol. The van der Waals surface area contributed by atoms with Crippen LogP contribution in [-0.2, 0) is 16.0 Å². The number of likely N-dealkylation sites (tertiary alicyclic amines) is 1. The fourth-order valence-electron chi connectivity index (χ4n) is 4.01. The van der Waals surface area contributed by atoms with Gasteiger partial charge in [-0.25, -0.2) is 9.18 Å². The monoisotopic (exact) mass is 341 g/mol. The number of carbonyl (C=O) groups is 2. The molecule has 4 nitrogen and oxygen atoms in total. The fourth-order valence-corrected chi connectivity index (χ4v) is 4.01. The molecule has 1 aliphatic carbocycles. The topological polar surface area (TPSA) is 57.6 Å². The number of fused-ring (bicyclic) bond motifs is 1. The van der Waals surface area contributed by atoms with E-state index >= 15 is 0 Å². The van der Waals surface area contributed by atoms with Gasteiger partial charge in [0.05, 0.1) is 0 Å². The molecule has 1 spiro atoms. The number of carbonyl (C=O) groups excluding carboxylic acids is 1. The zero-order valence-corrected chi connectivity index (χ0v) is 13.9. The van der Waals surface area contributed by atoms with Crippen LogP contribution in [0.4, 0.5) is 4.39 Å². The highest BCUT2D eigenvalue weighted by molar-refractivity contribution is 5.88. The van der Waals surface area contributed by atoms with Crippen LogP contribution < -0.4 is 0 Å². The zero-order valence-electron chi connectivity index (χ0n) is 13.9. The van der Waals surface area contributed by atoms with Gasteiger partial charge >= 0.3 is 5.97 Å². The first-order valence-corrected chi connectivity index (χ1v) is 8.68. The summed E-state index contributed by atoms with van der Waals surface area (Å²) >= 11 is 0. The predicted molar refractivity (Wildman–Crippen MR) is 91.6 cm³/mol. The van der Waals surface area contributed by atoms with Crippen molar-refractivity contribution in [1.29, 1.82) is 0 Å². The Hall–Kier alpha value is -2.43. The second-order valence-corrected chi connectivity index (χ2v) is 7.33. The first-order valence-electron chi connectivity index (χ1n) is 8.68. The van der Waals surface area contributed by atoms with Crippen LogP contribution in [-0.4, -0.2) is 34.5 Å². The van der Waals surface area contributed by atoms with E-state index in [-0.39, 0.29) is 23.6 Å². The first kappa shape index (κ1) is 16.1. The molecule has 0 radical (unpaired) electrons. The van der Waals surface area contributed by atoms with Gasteiger partial charge in [0.2, 0.25) is 5.91 Å². The Kier molecular flexibility index (Phi) is 3.74. The number of carboxylic acids is 1. The molecule has 1 aliphatic heterocycles. The van der Waals surface area contributed by atoms with Gasteiger partial charge in [-0.15, -0.1) is 0 Å². The zero-order chi connectivity index (χ0) is 17.6. The van der Waals surface area contributed by atoms with Crippen molar-refractivity contribution < 1.29 is 19.1 Å². The average Bonchev–Trinajstić information content (AvgIpc) is 3.24. The third-order valence-electron chi connectivity index (χ3n) is 5.64. The molecular formula is C20H20FNO3. The van der Waals surface area contributed by atoms with E-state index in [1.807, 2.05) is 12.1 Å². The highest BCUT2D eigenvalue weighted by Gasteiger charge is 2.55. The first-order chi connectivity index (χ1) is 12.0. The molecule has 2 aromatic rings. The fraction of sp³-hybridized carbons (Fsp3) is 0.400. The average molecular weight is 341 g/mol. The van der Waals surface area contributed by atoms with E-state index in [1.54, 1.807) is 23.1 Å². The minimum absolute atomic E-state index is 0.0568. The highest BCUT2D eigenvalue weighted by atomic mass is 19.1. The molecule has 4 rings (SSSR count). The van der Waals surface area contributed by atoms with Crippen molar-refractivity contribution in [1.82, 2.24) is 4.90 Å². The SMILES string of the molecule is O=C(O)[C@@H]1CC2(CC2)CN1C(=O)CCc1ccc(F)c2ccccc12. The maximum atomic E-state index is 13.9. The molecule has 1 saturated carbocycles. The van der Waals surface area contributed by atoms with E-state index in [2.05, 4.69) is 0 Å². The van der Waals surface area contributed by atoms with E-state index in [0.29, 0.717) is 24.8 Å². The van der Waals surface area contributed by atoms with Crippen LogP contribution >= 0.6 is 0 Å². The molecule has 2 fully saturated rings. The van der Waals surface area contributed by atoms with Gasteiger partial charge < -0.3 is 10.0 Å². The Labute approximate surface area is 145 Å². The maximum absolute atomic E-state index is 13.9. The number of rotatable bonds is 4. The molecule has 2 aromatic carbocycles. The summed E-state index contributed by atoms with van der Waals surface area (Å²) in [5.41, 5.74) is 0.971. The molecule has 0 unspecified atom stereocenters. The largest absolute Gasteiger partial charge is 0.480 e. The second-order valence-electron chi connectivity index (χ2n) is 7.33. The standard InChI is InChI=1S/C20H20FNO3/c21-16-7-5-13(14-3-1-2-4-15(14)16)6-8-18(23)22-12-20(9-10-20)11-17(22)19(24)25/h1-5,7,17H,6,8-12H2,(H,24,25)/t17-/m0/s1. The number of benzene rings is 2. The van der Waals surface area contributed by atoms with E-state index < -0.39 is 12.0 Å². The minimum atomic E-state index is -0.913. The number of aliphatic carboxylic acids is 1. The highest BCUT2D eigenvalue weighted by Crippen LogP contribution is 2.54. The smallest absolute Gasteiger partial charge is 0.326 e. The normalized spacial score (nSPS) is 21.0. The third kappa shape index (κ3) is 2.88. The van der Waals surface area contributed by atoms with Gasteiger partial charge in [0, 0.05) is 18.4 Å². The van der Waals surface area contributed by atoms with Crippen molar-refractivity contribution in [2.24, 2.45) is 5.41 Å². The van der Waals surface area contributed by atoms with Gasteiger partial charge in [0.1, 0.15) is 11.9 Å². The lowest BCUT2D eigenvalue weighted by atomic mass is 10.00. The van der Waals surface area contributed by atoms with Gasteiger partial charge in [-0.1, -0.05) is 30.3 Å². The molecule has 1 saturated heterocycles. The number of carboxylic acid groups (broad SMARTS) is 1. The number of hydrogen-bond donors (Lipinski definition) is 1. The van der Waals surface area contributed by atoms with Gasteiger partial charge in [-0.3, -0.25) is 4.79 Å². The lowest BCUT2D eigenvalue weighted by Gasteiger charge is -2.21. The van der Waals surface area contributed by atoms with Crippen molar-refractivity contribution in [3.05, 3.63) is 47.8 Å². The molecule has 5 heteroatoms. The molecule has 1 amide bonds. The summed E-state index contributed by atoms with van der Waals surface area (Å²) in [4.78, 5) is 25.7. The van der Waals surface area contributed by atoms with Crippen LogP contribution in [0.3, 0.4) is 0 Å². The van der Waals surface area contributed by atoms with Crippen LogP contribution in [0.25, 0.3) is 10.8 Å². The molecule has 130 valence electrons. The number of amides is 1. The van der Waals surface area contributed by atoms with E-state index in [4.69, 9.17) is 0 Å². The van der Waals surface area contributed by atoms with Crippen LogP contribution in [0.1, 0.15) is 31.2 Å². The van der Waals surface area contributed by atoms with E-state index in [0.717, 1.165) is 23.8 Å². The summed E-state index contributed by atoms with van der Waals surface area (Å²) in [7, 11) is 0. The number of aryl methyl sites for hydroxylation is 1. The Bertz CT molecular complexity index is 859. The van der Waals surface area contributed by atoms with Crippen LogP contribution in [0.5, 0.6) is 0 Å². The molecule has 1 heterocycles. The van der Waals surface area contributed by atoms with Crippen molar-refractivity contribution in [3.8, 4) is 0 Å². The lowest BCUT2D eigenvalue weighted by Crippen LogP contribution is -2.40.